The largest absolute Gasteiger partial charge is 0.489 e. The molecule has 0 unspecified atom stereocenters. The highest BCUT2D eigenvalue weighted by molar-refractivity contribution is 7.20. The molecule has 190 valence electrons. The number of methoxy groups -OCH3 is 1. The number of aromatic nitrogens is 6. The highest BCUT2D eigenvalue weighted by atomic mass is 32.1. The maximum absolute atomic E-state index is 12.2. The number of esters is 1. The zero-order valence-corrected chi connectivity index (χ0v) is 21.8. The number of carbonyl (C=O) groups is 1. The molecule has 0 saturated heterocycles. The maximum Gasteiger partial charge on any atom is 0.348 e. The van der Waals surface area contributed by atoms with Crippen LogP contribution in [0, 0.1) is 6.92 Å². The van der Waals surface area contributed by atoms with Crippen molar-refractivity contribution in [1.82, 2.24) is 30.2 Å². The summed E-state index contributed by atoms with van der Waals surface area (Å²) >= 11 is 1.45. The van der Waals surface area contributed by atoms with E-state index >= 15 is 0 Å². The van der Waals surface area contributed by atoms with Gasteiger partial charge in [0.1, 0.15) is 33.4 Å². The first kappa shape index (κ1) is 24.6. The summed E-state index contributed by atoms with van der Waals surface area (Å²) < 4.78 is 13.3. The summed E-state index contributed by atoms with van der Waals surface area (Å²) in [6.07, 6.45) is 3.05. The van der Waals surface area contributed by atoms with Crippen molar-refractivity contribution in [3.63, 3.8) is 0 Å². The van der Waals surface area contributed by atoms with Crippen LogP contribution in [0.25, 0.3) is 21.7 Å². The molecule has 5 rings (SSSR count). The molecule has 0 saturated carbocycles. The van der Waals surface area contributed by atoms with Crippen molar-refractivity contribution >= 4 is 27.7 Å². The number of nitrogens with zero attached hydrogens (tertiary/aromatic N) is 5. The number of aromatic amines is 1. The molecular formula is C27H28N6O3S. The average molecular weight is 517 g/mol. The van der Waals surface area contributed by atoms with Crippen LogP contribution in [0.5, 0.6) is 5.75 Å². The fourth-order valence-electron chi connectivity index (χ4n) is 4.26. The van der Waals surface area contributed by atoms with Crippen LogP contribution in [0.1, 0.15) is 52.0 Å². The van der Waals surface area contributed by atoms with Gasteiger partial charge in [0.25, 0.3) is 0 Å². The molecule has 0 aliphatic rings. The molecule has 3 aromatic heterocycles. The summed E-state index contributed by atoms with van der Waals surface area (Å²) in [5.74, 6) is 2.04. The van der Waals surface area contributed by atoms with Gasteiger partial charge in [-0.1, -0.05) is 49.7 Å². The number of rotatable bonds is 10. The van der Waals surface area contributed by atoms with Gasteiger partial charge in [-0.2, -0.15) is 5.21 Å². The molecule has 9 nitrogen and oxygen atoms in total. The molecule has 0 atom stereocenters. The summed E-state index contributed by atoms with van der Waals surface area (Å²) in [7, 11) is 1.41. The Morgan fingerprint density at radius 1 is 1.14 bits per heavy atom. The van der Waals surface area contributed by atoms with E-state index in [4.69, 9.17) is 14.5 Å². The van der Waals surface area contributed by atoms with Crippen LogP contribution in [0.3, 0.4) is 0 Å². The van der Waals surface area contributed by atoms with Crippen molar-refractivity contribution in [2.24, 2.45) is 0 Å². The van der Waals surface area contributed by atoms with Crippen LogP contribution in [0.4, 0.5) is 0 Å². The van der Waals surface area contributed by atoms with Gasteiger partial charge in [-0.3, -0.25) is 0 Å². The van der Waals surface area contributed by atoms with Crippen LogP contribution in [0.15, 0.2) is 48.5 Å². The van der Waals surface area contributed by atoms with Gasteiger partial charge < -0.3 is 14.0 Å². The predicted octanol–water partition coefficient (Wildman–Crippen LogP) is 5.34. The minimum atomic E-state index is -0.315. The molecule has 0 aliphatic carbocycles. The number of thiophene rings is 1. The molecule has 0 radical (unpaired) electrons. The van der Waals surface area contributed by atoms with Gasteiger partial charge in [-0.15, -0.1) is 21.5 Å². The van der Waals surface area contributed by atoms with E-state index in [1.807, 2.05) is 43.3 Å². The number of tetrazole rings is 1. The lowest BCUT2D eigenvalue weighted by Gasteiger charge is -2.11. The highest BCUT2D eigenvalue weighted by Gasteiger charge is 2.22. The first-order chi connectivity index (χ1) is 18.1. The van der Waals surface area contributed by atoms with Crippen LogP contribution >= 0.6 is 11.3 Å². The number of H-pyrrole nitrogens is 1. The SMILES string of the molecule is CCCCc1nc2c(C)c(C(=O)OC)sc2n1Cc1ccc(OCc2ccccc2-c2nn[nH]n2)cc1. The number of unbranched alkanes of at least 4 members (excludes halogenated alkanes) is 1. The highest BCUT2D eigenvalue weighted by Crippen LogP contribution is 2.33. The van der Waals surface area contributed by atoms with Crippen LogP contribution < -0.4 is 4.74 Å². The van der Waals surface area contributed by atoms with E-state index in [-0.39, 0.29) is 5.97 Å². The Labute approximate surface area is 218 Å². The number of hydrogen-bond donors (Lipinski definition) is 1. The number of benzene rings is 2. The zero-order valence-electron chi connectivity index (χ0n) is 21.0. The lowest BCUT2D eigenvalue weighted by molar-refractivity contribution is 0.0605. The minimum absolute atomic E-state index is 0.315. The number of ether oxygens (including phenoxy) is 2. The van der Waals surface area contributed by atoms with Crippen LogP contribution in [-0.2, 0) is 24.3 Å². The maximum atomic E-state index is 12.2. The normalized spacial score (nSPS) is 11.2. The van der Waals surface area contributed by atoms with E-state index in [1.165, 1.54) is 18.4 Å². The van der Waals surface area contributed by atoms with Crippen LogP contribution in [-0.4, -0.2) is 43.3 Å². The van der Waals surface area contributed by atoms with Crippen molar-refractivity contribution in [2.75, 3.05) is 7.11 Å². The van der Waals surface area contributed by atoms with Crippen molar-refractivity contribution < 1.29 is 14.3 Å². The van der Waals surface area contributed by atoms with Gasteiger partial charge in [0.2, 0.25) is 5.82 Å². The predicted molar refractivity (Wildman–Crippen MR) is 142 cm³/mol. The van der Waals surface area contributed by atoms with Crippen molar-refractivity contribution in [3.05, 3.63) is 75.9 Å². The summed E-state index contributed by atoms with van der Waals surface area (Å²) in [4.78, 5) is 18.8. The number of aryl methyl sites for hydroxylation is 2. The standard InChI is InChI=1S/C27H28N6O3S/c1-4-5-10-22-28-23-17(2)24(27(34)35-3)37-26(23)33(22)15-18-11-13-20(14-12-18)36-16-19-8-6-7-9-21(19)25-29-31-32-30-25/h6-9,11-14H,4-5,10,15-16H2,1-3H3,(H,29,30,31,32). The van der Waals surface area contributed by atoms with Crippen molar-refractivity contribution in [2.45, 2.75) is 46.3 Å². The van der Waals surface area contributed by atoms with Crippen LogP contribution in [0.2, 0.25) is 0 Å². The molecule has 37 heavy (non-hydrogen) atoms. The van der Waals surface area contributed by atoms with E-state index in [0.29, 0.717) is 23.9 Å². The van der Waals surface area contributed by atoms with Gasteiger partial charge >= 0.3 is 5.97 Å². The monoisotopic (exact) mass is 516 g/mol. The second-order valence-electron chi connectivity index (χ2n) is 8.74. The fourth-order valence-corrected chi connectivity index (χ4v) is 5.45. The Morgan fingerprint density at radius 3 is 2.68 bits per heavy atom. The van der Waals surface area contributed by atoms with Gasteiger partial charge in [0, 0.05) is 23.1 Å². The third kappa shape index (κ3) is 5.10. The van der Waals surface area contributed by atoms with Gasteiger partial charge in [-0.05, 0) is 36.3 Å². The number of nitrogens with one attached hydrogen (secondary N) is 1. The van der Waals surface area contributed by atoms with E-state index < -0.39 is 0 Å². The molecule has 0 aliphatic heterocycles. The number of fused-ring (bicyclic) bond motifs is 1. The third-order valence-electron chi connectivity index (χ3n) is 6.28. The molecule has 1 N–H and O–H groups in total. The number of carbonyl (C=O) groups excluding carboxylic acids is 1. The first-order valence-electron chi connectivity index (χ1n) is 12.2. The van der Waals surface area contributed by atoms with E-state index in [9.17, 15) is 4.79 Å². The second-order valence-corrected chi connectivity index (χ2v) is 9.74. The average Bonchev–Trinajstić information content (AvgIpc) is 3.65. The molecule has 0 fully saturated rings. The summed E-state index contributed by atoms with van der Waals surface area (Å²) in [5, 5.41) is 14.3. The molecule has 2 aromatic carbocycles. The number of hydrogen-bond acceptors (Lipinski definition) is 8. The topological polar surface area (TPSA) is 108 Å². The fraction of sp³-hybridized carbons (Fsp3) is 0.296. The third-order valence-corrected chi connectivity index (χ3v) is 7.57. The molecule has 3 heterocycles. The lowest BCUT2D eigenvalue weighted by Crippen LogP contribution is -2.06. The molecule has 10 heteroatoms. The Hall–Kier alpha value is -4.05. The number of imidazole rings is 1. The van der Waals surface area contributed by atoms with Crippen molar-refractivity contribution in [3.8, 4) is 17.1 Å². The molecular weight excluding hydrogens is 488 g/mol. The molecule has 0 bridgehead atoms. The first-order valence-corrected chi connectivity index (χ1v) is 13.0. The Kier molecular flexibility index (Phi) is 7.27. The smallest absolute Gasteiger partial charge is 0.348 e. The van der Waals surface area contributed by atoms with Gasteiger partial charge in [0.15, 0.2) is 0 Å². The summed E-state index contributed by atoms with van der Waals surface area (Å²) in [6, 6.07) is 15.9. The van der Waals surface area contributed by atoms with E-state index in [1.54, 1.807) is 0 Å². The van der Waals surface area contributed by atoms with E-state index in [0.717, 1.165) is 63.4 Å². The Bertz CT molecular complexity index is 1510. The second kappa shape index (κ2) is 10.9. The van der Waals surface area contributed by atoms with Gasteiger partial charge in [-0.25, -0.2) is 9.78 Å². The Morgan fingerprint density at radius 2 is 1.95 bits per heavy atom. The van der Waals surface area contributed by atoms with E-state index in [2.05, 4.69) is 44.2 Å². The van der Waals surface area contributed by atoms with Gasteiger partial charge in [0.05, 0.1) is 13.7 Å². The Balaban J connectivity index is 1.35. The molecule has 0 amide bonds. The zero-order chi connectivity index (χ0) is 25.8. The summed E-state index contributed by atoms with van der Waals surface area (Å²) in [5.41, 5.74) is 4.75. The van der Waals surface area contributed by atoms with Crippen molar-refractivity contribution in [1.29, 1.82) is 0 Å². The molecule has 0 spiro atoms. The lowest BCUT2D eigenvalue weighted by atomic mass is 10.1. The summed E-state index contributed by atoms with van der Waals surface area (Å²) in [6.45, 7) is 5.17. The quantitative estimate of drug-likeness (QED) is 0.250. The molecule has 5 aromatic rings. The minimum Gasteiger partial charge on any atom is -0.489 e.